The smallest absolute Gasteiger partial charge is 0.0625 e. The molecule has 3 nitrogen and oxygen atoms in total. The van der Waals surface area contributed by atoms with E-state index in [1.807, 2.05) is 4.68 Å². The first-order chi connectivity index (χ1) is 8.64. The van der Waals surface area contributed by atoms with Gasteiger partial charge in [-0.1, -0.05) is 13.8 Å². The molecule has 0 aliphatic rings. The molecule has 0 aromatic carbocycles. The van der Waals surface area contributed by atoms with Gasteiger partial charge in [-0.25, -0.2) is 0 Å². The molecule has 5 heteroatoms. The van der Waals surface area contributed by atoms with Crippen LogP contribution in [0, 0.1) is 0 Å². The average molecular weight is 292 g/mol. The van der Waals surface area contributed by atoms with E-state index in [1.165, 1.54) is 5.69 Å². The third-order valence-corrected chi connectivity index (χ3v) is 4.43. The summed E-state index contributed by atoms with van der Waals surface area (Å²) in [5.74, 6) is 1.04. The van der Waals surface area contributed by atoms with Gasteiger partial charge in [-0.05, 0) is 25.8 Å². The summed E-state index contributed by atoms with van der Waals surface area (Å²) in [5, 5.41) is 8.02. The third kappa shape index (κ3) is 3.62. The Morgan fingerprint density at radius 2 is 1.94 bits per heavy atom. The second kappa shape index (κ2) is 7.37. The topological polar surface area (TPSA) is 29.9 Å². The summed E-state index contributed by atoms with van der Waals surface area (Å²) in [5.41, 5.74) is 2.15. The maximum atomic E-state index is 6.03. The van der Waals surface area contributed by atoms with E-state index in [-0.39, 0.29) is 5.54 Å². The van der Waals surface area contributed by atoms with E-state index in [4.69, 9.17) is 23.2 Å². The van der Waals surface area contributed by atoms with Gasteiger partial charge in [0.1, 0.15) is 0 Å². The van der Waals surface area contributed by atoms with E-state index < -0.39 is 0 Å². The Balaban J connectivity index is 2.75. The lowest BCUT2D eigenvalue weighted by Gasteiger charge is -2.29. The molecule has 1 N–H and O–H groups in total. The minimum atomic E-state index is -0.182. The van der Waals surface area contributed by atoms with Gasteiger partial charge in [0.05, 0.1) is 11.4 Å². The lowest BCUT2D eigenvalue weighted by atomic mass is 10.0. The number of alkyl halides is 2. The van der Waals surface area contributed by atoms with Crippen molar-refractivity contribution >= 4 is 23.2 Å². The summed E-state index contributed by atoms with van der Waals surface area (Å²) in [6.07, 6.45) is 1.88. The van der Waals surface area contributed by atoms with E-state index in [9.17, 15) is 0 Å². The number of hydrogen-bond donors (Lipinski definition) is 1. The lowest BCUT2D eigenvalue weighted by molar-refractivity contribution is 0.377. The molecule has 0 saturated carbocycles. The first-order valence-corrected chi connectivity index (χ1v) is 7.64. The first kappa shape index (κ1) is 15.8. The van der Waals surface area contributed by atoms with Crippen molar-refractivity contribution < 1.29 is 0 Å². The van der Waals surface area contributed by atoms with E-state index in [1.54, 1.807) is 0 Å². The van der Waals surface area contributed by atoms with E-state index >= 15 is 0 Å². The van der Waals surface area contributed by atoms with Crippen LogP contribution in [0.3, 0.4) is 0 Å². The van der Waals surface area contributed by atoms with Gasteiger partial charge < -0.3 is 5.32 Å². The monoisotopic (exact) mass is 291 g/mol. The Morgan fingerprint density at radius 1 is 1.28 bits per heavy atom. The first-order valence-electron chi connectivity index (χ1n) is 6.57. The summed E-state index contributed by atoms with van der Waals surface area (Å²) in [7, 11) is 0. The van der Waals surface area contributed by atoms with Crippen molar-refractivity contribution in [3.05, 3.63) is 17.5 Å². The van der Waals surface area contributed by atoms with Crippen molar-refractivity contribution in [3.63, 3.8) is 0 Å². The molecule has 0 aliphatic heterocycles. The normalized spacial score (nSPS) is 12.1. The predicted molar refractivity (Wildman–Crippen MR) is 78.6 cm³/mol. The van der Waals surface area contributed by atoms with Crippen molar-refractivity contribution in [2.75, 3.05) is 11.8 Å². The fraction of sp³-hybridized carbons (Fsp3) is 0.769. The predicted octanol–water partition coefficient (Wildman–Crippen LogP) is 3.18. The van der Waals surface area contributed by atoms with E-state index in [0.29, 0.717) is 11.8 Å². The minimum Gasteiger partial charge on any atom is -0.303 e. The Morgan fingerprint density at radius 3 is 2.39 bits per heavy atom. The maximum Gasteiger partial charge on any atom is 0.0625 e. The van der Waals surface area contributed by atoms with Crippen molar-refractivity contribution in [3.8, 4) is 0 Å². The van der Waals surface area contributed by atoms with Crippen molar-refractivity contribution in [2.24, 2.45) is 0 Å². The molecule has 18 heavy (non-hydrogen) atoms. The molecule has 0 bridgehead atoms. The second-order valence-corrected chi connectivity index (χ2v) is 5.09. The fourth-order valence-corrected chi connectivity index (χ4v) is 2.68. The van der Waals surface area contributed by atoms with Gasteiger partial charge in [-0.15, -0.1) is 23.2 Å². The summed E-state index contributed by atoms with van der Waals surface area (Å²) in [6, 6.07) is 2.15. The van der Waals surface area contributed by atoms with Crippen LogP contribution in [-0.2, 0) is 19.5 Å². The van der Waals surface area contributed by atoms with E-state index in [0.717, 1.165) is 31.6 Å². The van der Waals surface area contributed by atoms with Crippen LogP contribution in [0.4, 0.5) is 0 Å². The third-order valence-electron chi connectivity index (χ3n) is 3.41. The molecular formula is C13H23Cl2N3. The molecule has 0 aliphatic carbocycles. The van der Waals surface area contributed by atoms with Gasteiger partial charge in [0, 0.05) is 30.4 Å². The number of aromatic nitrogens is 2. The number of rotatable bonds is 8. The molecule has 0 unspecified atom stereocenters. The molecule has 1 aromatic heterocycles. The standard InChI is InChI=1S/C13H23Cl2N3/c1-4-11-7-12(18(6-3)17-11)8-16-13(5-2,9-14)10-15/h7,16H,4-6,8-10H2,1-3H3. The lowest BCUT2D eigenvalue weighted by Crippen LogP contribution is -2.48. The Hall–Kier alpha value is -0.250. The number of hydrogen-bond acceptors (Lipinski definition) is 2. The summed E-state index contributed by atoms with van der Waals surface area (Å²) < 4.78 is 2.04. The molecule has 104 valence electrons. The second-order valence-electron chi connectivity index (χ2n) is 4.55. The molecule has 0 radical (unpaired) electrons. The quantitative estimate of drug-likeness (QED) is 0.746. The van der Waals surface area contributed by atoms with E-state index in [2.05, 4.69) is 37.3 Å². The Labute approximate surface area is 120 Å². The highest BCUT2D eigenvalue weighted by Gasteiger charge is 2.25. The molecule has 1 heterocycles. The zero-order valence-corrected chi connectivity index (χ0v) is 13.0. The van der Waals surface area contributed by atoms with Gasteiger partial charge in [0.15, 0.2) is 0 Å². The van der Waals surface area contributed by atoms with Crippen LogP contribution in [0.1, 0.15) is 38.6 Å². The van der Waals surface area contributed by atoms with Gasteiger partial charge >= 0.3 is 0 Å². The highest BCUT2D eigenvalue weighted by molar-refractivity contribution is 6.22. The van der Waals surface area contributed by atoms with Gasteiger partial charge in [0.25, 0.3) is 0 Å². The number of halogens is 2. The molecular weight excluding hydrogens is 269 g/mol. The van der Waals surface area contributed by atoms with Crippen LogP contribution in [0.2, 0.25) is 0 Å². The number of aryl methyl sites for hydroxylation is 2. The van der Waals surface area contributed by atoms with Crippen LogP contribution in [0.5, 0.6) is 0 Å². The molecule has 1 rings (SSSR count). The minimum absolute atomic E-state index is 0.182. The summed E-state index contributed by atoms with van der Waals surface area (Å²) in [6.45, 7) is 7.97. The maximum absolute atomic E-state index is 6.03. The van der Waals surface area contributed by atoms with Gasteiger partial charge in [-0.2, -0.15) is 5.10 Å². The van der Waals surface area contributed by atoms with Crippen molar-refractivity contribution in [1.82, 2.24) is 15.1 Å². The highest BCUT2D eigenvalue weighted by Crippen LogP contribution is 2.16. The molecule has 0 amide bonds. The van der Waals surface area contributed by atoms with Crippen LogP contribution in [0.15, 0.2) is 6.07 Å². The van der Waals surface area contributed by atoms with Gasteiger partial charge in [-0.3, -0.25) is 4.68 Å². The molecule has 0 fully saturated rings. The highest BCUT2D eigenvalue weighted by atomic mass is 35.5. The molecule has 1 aromatic rings. The zero-order chi connectivity index (χ0) is 13.6. The average Bonchev–Trinajstić information content (AvgIpc) is 2.83. The molecule has 0 saturated heterocycles. The summed E-state index contributed by atoms with van der Waals surface area (Å²) in [4.78, 5) is 0. The largest absolute Gasteiger partial charge is 0.303 e. The zero-order valence-electron chi connectivity index (χ0n) is 11.5. The van der Waals surface area contributed by atoms with Crippen molar-refractivity contribution in [1.29, 1.82) is 0 Å². The Kier molecular flexibility index (Phi) is 6.47. The SMILES string of the molecule is CCc1cc(CNC(CC)(CCl)CCl)n(CC)n1. The van der Waals surface area contributed by atoms with Crippen molar-refractivity contribution in [2.45, 2.75) is 52.2 Å². The van der Waals surface area contributed by atoms with Crippen LogP contribution in [-0.4, -0.2) is 27.1 Å². The fourth-order valence-electron chi connectivity index (χ4n) is 1.83. The van der Waals surface area contributed by atoms with Crippen LogP contribution in [0.25, 0.3) is 0 Å². The molecule has 0 spiro atoms. The molecule has 0 atom stereocenters. The van der Waals surface area contributed by atoms with Crippen LogP contribution < -0.4 is 5.32 Å². The Bertz CT molecular complexity index is 351. The number of nitrogens with zero attached hydrogens (tertiary/aromatic N) is 2. The number of nitrogens with one attached hydrogen (secondary N) is 1. The van der Waals surface area contributed by atoms with Gasteiger partial charge in [0.2, 0.25) is 0 Å². The summed E-state index contributed by atoms with van der Waals surface area (Å²) >= 11 is 12.1. The van der Waals surface area contributed by atoms with Crippen LogP contribution >= 0.6 is 23.2 Å².